The van der Waals surface area contributed by atoms with Gasteiger partial charge in [0.15, 0.2) is 5.69 Å². The van der Waals surface area contributed by atoms with Gasteiger partial charge in [-0.1, -0.05) is 29.3 Å². The van der Waals surface area contributed by atoms with Gasteiger partial charge in [0.25, 0.3) is 5.84 Å². The lowest BCUT2D eigenvalue weighted by Crippen LogP contribution is -2.53. The zero-order valence-electron chi connectivity index (χ0n) is 13.1. The Labute approximate surface area is 131 Å². The Bertz CT molecular complexity index is 669. The molecule has 22 heavy (non-hydrogen) atoms. The van der Waals surface area contributed by atoms with E-state index in [1.54, 1.807) is 0 Å². The van der Waals surface area contributed by atoms with Gasteiger partial charge in [-0.2, -0.15) is 4.48 Å². The smallest absolute Gasteiger partial charge is 0.255 e. The van der Waals surface area contributed by atoms with Gasteiger partial charge in [0, 0.05) is 19.2 Å². The molecule has 114 valence electrons. The van der Waals surface area contributed by atoms with E-state index in [1.807, 2.05) is 6.34 Å². The lowest BCUT2D eigenvalue weighted by atomic mass is 10.1. The van der Waals surface area contributed by atoms with Crippen LogP contribution in [0.5, 0.6) is 0 Å². The number of aliphatic imine (C=N–C) groups is 1. The lowest BCUT2D eigenvalue weighted by Gasteiger charge is -2.30. The average Bonchev–Trinajstić information content (AvgIpc) is 3.18. The van der Waals surface area contributed by atoms with Crippen LogP contribution < -0.4 is 4.48 Å². The molecule has 1 saturated heterocycles. The highest BCUT2D eigenvalue weighted by atomic mass is 15.5. The van der Waals surface area contributed by atoms with E-state index >= 15 is 0 Å². The number of fused-ring (bicyclic) bond motifs is 3. The molecule has 0 N–H and O–H groups in total. The quantitative estimate of drug-likeness (QED) is 0.773. The molecule has 0 saturated carbocycles. The van der Waals surface area contributed by atoms with Crippen LogP contribution in [0.15, 0.2) is 39.5 Å². The first-order chi connectivity index (χ1) is 10.8. The number of amidine groups is 2. The van der Waals surface area contributed by atoms with Crippen LogP contribution in [0.1, 0.15) is 31.7 Å². The summed E-state index contributed by atoms with van der Waals surface area (Å²) in [6.45, 7) is 6.07. The van der Waals surface area contributed by atoms with Gasteiger partial charge in [0.1, 0.15) is 12.4 Å². The van der Waals surface area contributed by atoms with Crippen LogP contribution in [0.25, 0.3) is 0 Å². The van der Waals surface area contributed by atoms with Crippen molar-refractivity contribution in [1.82, 2.24) is 9.38 Å². The Morgan fingerprint density at radius 2 is 2.00 bits per heavy atom. The SMILES string of the molecule is CCC[N+]12C=NN=C1CN=C(N1CCCC1)c1ccccc12. The lowest BCUT2D eigenvalue weighted by molar-refractivity contribution is 0.519. The molecule has 5 nitrogen and oxygen atoms in total. The number of rotatable bonds is 2. The molecule has 5 heteroatoms. The van der Waals surface area contributed by atoms with E-state index in [9.17, 15) is 0 Å². The van der Waals surface area contributed by atoms with E-state index < -0.39 is 0 Å². The third kappa shape index (κ3) is 1.92. The molecule has 1 aromatic rings. The zero-order chi connectivity index (χ0) is 15.0. The molecule has 3 heterocycles. The van der Waals surface area contributed by atoms with Crippen molar-refractivity contribution in [2.45, 2.75) is 26.2 Å². The van der Waals surface area contributed by atoms with Crippen molar-refractivity contribution in [1.29, 1.82) is 0 Å². The van der Waals surface area contributed by atoms with Crippen LogP contribution in [0.2, 0.25) is 0 Å². The van der Waals surface area contributed by atoms with Crippen LogP contribution in [-0.2, 0) is 0 Å². The van der Waals surface area contributed by atoms with Gasteiger partial charge < -0.3 is 4.90 Å². The van der Waals surface area contributed by atoms with Gasteiger partial charge in [-0.3, -0.25) is 4.99 Å². The van der Waals surface area contributed by atoms with E-state index in [-0.39, 0.29) is 0 Å². The molecule has 0 aromatic heterocycles. The molecule has 1 atom stereocenters. The molecule has 0 radical (unpaired) electrons. The molecule has 0 aliphatic carbocycles. The minimum absolute atomic E-state index is 0.639. The summed E-state index contributed by atoms with van der Waals surface area (Å²) in [5.41, 5.74) is 2.52. The minimum Gasteiger partial charge on any atom is -0.356 e. The molecular weight excluding hydrogens is 274 g/mol. The first-order valence-corrected chi connectivity index (χ1v) is 8.24. The van der Waals surface area contributed by atoms with Crippen molar-refractivity contribution in [3.05, 3.63) is 29.8 Å². The molecule has 1 aromatic carbocycles. The van der Waals surface area contributed by atoms with Gasteiger partial charge in [-0.05, 0) is 25.3 Å². The summed E-state index contributed by atoms with van der Waals surface area (Å²) in [6.07, 6.45) is 5.59. The number of benzene rings is 1. The van der Waals surface area contributed by atoms with E-state index in [1.165, 1.54) is 24.1 Å². The second kappa shape index (κ2) is 5.32. The van der Waals surface area contributed by atoms with Crippen LogP contribution in [-0.4, -0.2) is 49.1 Å². The number of hydrogen-bond donors (Lipinski definition) is 0. The average molecular weight is 296 g/mol. The Balaban J connectivity index is 1.88. The third-order valence-electron chi connectivity index (χ3n) is 4.81. The maximum atomic E-state index is 4.93. The summed E-state index contributed by atoms with van der Waals surface area (Å²) < 4.78 is 0.646. The molecule has 3 aliphatic rings. The summed E-state index contributed by atoms with van der Waals surface area (Å²) in [5, 5.41) is 8.64. The summed E-state index contributed by atoms with van der Waals surface area (Å²) in [5.74, 6) is 2.19. The first-order valence-electron chi connectivity index (χ1n) is 8.24. The fourth-order valence-corrected chi connectivity index (χ4v) is 3.79. The van der Waals surface area contributed by atoms with E-state index in [0.29, 0.717) is 11.0 Å². The van der Waals surface area contributed by atoms with Crippen LogP contribution in [0.3, 0.4) is 0 Å². The summed E-state index contributed by atoms with van der Waals surface area (Å²) >= 11 is 0. The van der Waals surface area contributed by atoms with Crippen molar-refractivity contribution >= 4 is 23.7 Å². The molecule has 1 fully saturated rings. The van der Waals surface area contributed by atoms with Gasteiger partial charge in [-0.25, -0.2) is 0 Å². The highest BCUT2D eigenvalue weighted by molar-refractivity contribution is 6.16. The van der Waals surface area contributed by atoms with E-state index in [2.05, 4.69) is 46.3 Å². The molecule has 0 spiro atoms. The number of quaternary nitrogens is 1. The number of nitrogens with zero attached hydrogens (tertiary/aromatic N) is 5. The van der Waals surface area contributed by atoms with Crippen LogP contribution in [0.4, 0.5) is 5.69 Å². The van der Waals surface area contributed by atoms with Crippen molar-refractivity contribution in [2.24, 2.45) is 15.2 Å². The Hall–Kier alpha value is -2.01. The summed E-state index contributed by atoms with van der Waals surface area (Å²) in [4.78, 5) is 7.36. The van der Waals surface area contributed by atoms with Crippen molar-refractivity contribution in [3.63, 3.8) is 0 Å². The number of likely N-dealkylation sites (tertiary alicyclic amines) is 1. The highest BCUT2D eigenvalue weighted by Crippen LogP contribution is 2.33. The maximum absolute atomic E-state index is 4.93. The first kappa shape index (κ1) is 13.6. The van der Waals surface area contributed by atoms with Crippen molar-refractivity contribution in [2.75, 3.05) is 26.2 Å². The Morgan fingerprint density at radius 1 is 1.18 bits per heavy atom. The molecule has 0 amide bonds. The predicted molar refractivity (Wildman–Crippen MR) is 91.5 cm³/mol. The minimum atomic E-state index is 0.639. The number of hydrogen-bond acceptors (Lipinski definition) is 4. The van der Waals surface area contributed by atoms with Gasteiger partial charge >= 0.3 is 0 Å². The topological polar surface area (TPSA) is 40.3 Å². The molecule has 1 unspecified atom stereocenters. The normalized spacial score (nSPS) is 26.3. The van der Waals surface area contributed by atoms with Gasteiger partial charge in [-0.15, -0.1) is 0 Å². The van der Waals surface area contributed by atoms with Crippen LogP contribution in [0, 0.1) is 0 Å². The monoisotopic (exact) mass is 296 g/mol. The predicted octanol–water partition coefficient (Wildman–Crippen LogP) is 2.62. The Kier molecular flexibility index (Phi) is 3.30. The molecule has 3 aliphatic heterocycles. The molecule has 0 bridgehead atoms. The zero-order valence-corrected chi connectivity index (χ0v) is 13.1. The van der Waals surface area contributed by atoms with E-state index in [4.69, 9.17) is 4.99 Å². The second-order valence-corrected chi connectivity index (χ2v) is 6.19. The standard InChI is InChI=1S/C17H22N5/c1-2-11-22-13-19-20-16(22)12-18-17(21-9-5-6-10-21)14-7-3-4-8-15(14)22/h3-4,7-8,13H,2,5-6,9-12H2,1H3/q+1. The largest absolute Gasteiger partial charge is 0.356 e. The summed E-state index contributed by atoms with van der Waals surface area (Å²) in [6, 6.07) is 8.65. The van der Waals surface area contributed by atoms with Crippen molar-refractivity contribution < 1.29 is 0 Å². The maximum Gasteiger partial charge on any atom is 0.255 e. The third-order valence-corrected chi connectivity index (χ3v) is 4.81. The highest BCUT2D eigenvalue weighted by Gasteiger charge is 2.43. The van der Waals surface area contributed by atoms with Gasteiger partial charge in [0.05, 0.1) is 12.1 Å². The van der Waals surface area contributed by atoms with Gasteiger partial charge in [0.2, 0.25) is 6.34 Å². The number of para-hydroxylation sites is 1. The molecular formula is C17H22N5+. The molecule has 4 rings (SSSR count). The second-order valence-electron chi connectivity index (χ2n) is 6.19. The van der Waals surface area contributed by atoms with Crippen LogP contribution >= 0.6 is 0 Å². The summed E-state index contributed by atoms with van der Waals surface area (Å²) in [7, 11) is 0. The van der Waals surface area contributed by atoms with Crippen molar-refractivity contribution in [3.8, 4) is 0 Å². The Morgan fingerprint density at radius 3 is 2.82 bits per heavy atom. The van der Waals surface area contributed by atoms with E-state index in [0.717, 1.165) is 37.7 Å². The fourth-order valence-electron chi connectivity index (χ4n) is 3.79. The fraction of sp³-hybridized carbons (Fsp3) is 0.471.